The Morgan fingerprint density at radius 3 is 2.83 bits per heavy atom. The van der Waals surface area contributed by atoms with Gasteiger partial charge >= 0.3 is 5.97 Å². The monoisotopic (exact) mass is 314 g/mol. The van der Waals surface area contributed by atoms with E-state index in [0.29, 0.717) is 11.3 Å². The first-order valence-electron chi connectivity index (χ1n) is 4.85. The van der Waals surface area contributed by atoms with Crippen LogP contribution in [-0.4, -0.2) is 28.4 Å². The van der Waals surface area contributed by atoms with E-state index in [1.54, 1.807) is 0 Å². The third-order valence-corrected chi connectivity index (χ3v) is 3.11. The number of aromatic carboxylic acids is 1. The average Bonchev–Trinajstić information content (AvgIpc) is 2.71. The van der Waals surface area contributed by atoms with Gasteiger partial charge in [0.2, 0.25) is 0 Å². The normalized spacial score (nSPS) is 10.4. The molecule has 94 valence electrons. The number of aromatic nitrogens is 2. The van der Waals surface area contributed by atoms with Crippen molar-refractivity contribution >= 4 is 21.9 Å². The second-order valence-electron chi connectivity index (χ2n) is 3.41. The van der Waals surface area contributed by atoms with E-state index in [1.807, 2.05) is 0 Å². The Kier molecular flexibility index (Phi) is 3.33. The third kappa shape index (κ3) is 2.08. The standard InChI is InChI=1S/C11H8BrFN2O3/c1-18-7-3-2-5(13)4-6(7)9-8(12)10(11(16)17)15-14-9/h2-4H,1H3,(H,14,15)(H,16,17). The quantitative estimate of drug-likeness (QED) is 0.913. The molecule has 0 aliphatic rings. The average molecular weight is 315 g/mol. The third-order valence-electron chi connectivity index (χ3n) is 2.34. The zero-order chi connectivity index (χ0) is 13.3. The Bertz CT molecular complexity index is 612. The van der Waals surface area contributed by atoms with Gasteiger partial charge in [0.25, 0.3) is 0 Å². The summed E-state index contributed by atoms with van der Waals surface area (Å²) in [7, 11) is 1.44. The molecule has 2 aromatic rings. The van der Waals surface area contributed by atoms with E-state index in [2.05, 4.69) is 26.1 Å². The Labute approximate surface area is 110 Å². The molecule has 0 unspecified atom stereocenters. The summed E-state index contributed by atoms with van der Waals surface area (Å²) in [5, 5.41) is 15.1. The molecule has 5 nitrogen and oxygen atoms in total. The maximum atomic E-state index is 13.2. The Hall–Kier alpha value is -1.89. The summed E-state index contributed by atoms with van der Waals surface area (Å²) in [5.74, 6) is -1.21. The lowest BCUT2D eigenvalue weighted by molar-refractivity contribution is 0.0689. The number of halogens is 2. The van der Waals surface area contributed by atoms with E-state index < -0.39 is 11.8 Å². The number of methoxy groups -OCH3 is 1. The molecule has 0 spiro atoms. The first kappa shape index (κ1) is 12.6. The molecule has 18 heavy (non-hydrogen) atoms. The molecule has 2 N–H and O–H groups in total. The number of nitrogens with zero attached hydrogens (tertiary/aromatic N) is 1. The number of hydrogen-bond acceptors (Lipinski definition) is 3. The number of carboxylic acid groups (broad SMARTS) is 1. The highest BCUT2D eigenvalue weighted by Gasteiger charge is 2.20. The first-order valence-corrected chi connectivity index (χ1v) is 5.65. The highest BCUT2D eigenvalue weighted by molar-refractivity contribution is 9.10. The van der Waals surface area contributed by atoms with Crippen molar-refractivity contribution in [3.63, 3.8) is 0 Å². The van der Waals surface area contributed by atoms with Gasteiger partial charge in [0.1, 0.15) is 17.3 Å². The number of ether oxygens (including phenoxy) is 1. The van der Waals surface area contributed by atoms with Crippen LogP contribution in [0.1, 0.15) is 10.5 Å². The van der Waals surface area contributed by atoms with Gasteiger partial charge in [-0.1, -0.05) is 0 Å². The fourth-order valence-corrected chi connectivity index (χ4v) is 2.07. The van der Waals surface area contributed by atoms with Crippen molar-refractivity contribution in [2.24, 2.45) is 0 Å². The van der Waals surface area contributed by atoms with Crippen LogP contribution >= 0.6 is 15.9 Å². The van der Waals surface area contributed by atoms with Gasteiger partial charge in [-0.15, -0.1) is 0 Å². The van der Waals surface area contributed by atoms with Crippen molar-refractivity contribution < 1.29 is 19.0 Å². The van der Waals surface area contributed by atoms with Crippen molar-refractivity contribution in [2.45, 2.75) is 0 Å². The van der Waals surface area contributed by atoms with Crippen LogP contribution in [-0.2, 0) is 0 Å². The topological polar surface area (TPSA) is 75.2 Å². The Morgan fingerprint density at radius 2 is 2.28 bits per heavy atom. The van der Waals surface area contributed by atoms with Crippen LogP contribution in [0.4, 0.5) is 4.39 Å². The summed E-state index contributed by atoms with van der Waals surface area (Å²) < 4.78 is 18.6. The fraction of sp³-hybridized carbons (Fsp3) is 0.0909. The number of benzene rings is 1. The van der Waals surface area contributed by atoms with Crippen molar-refractivity contribution in [1.29, 1.82) is 0 Å². The Morgan fingerprint density at radius 1 is 1.56 bits per heavy atom. The summed E-state index contributed by atoms with van der Waals surface area (Å²) in [4.78, 5) is 10.9. The summed E-state index contributed by atoms with van der Waals surface area (Å²) in [5.41, 5.74) is 0.549. The van der Waals surface area contributed by atoms with Gasteiger partial charge in [0.15, 0.2) is 5.69 Å². The van der Waals surface area contributed by atoms with Crippen LogP contribution in [0.5, 0.6) is 5.75 Å². The fourth-order valence-electron chi connectivity index (χ4n) is 1.51. The van der Waals surface area contributed by atoms with Gasteiger partial charge in [-0.2, -0.15) is 5.10 Å². The number of carbonyl (C=O) groups is 1. The van der Waals surface area contributed by atoms with E-state index >= 15 is 0 Å². The molecule has 1 heterocycles. The SMILES string of the molecule is COc1ccc(F)cc1-c1n[nH]c(C(=O)O)c1Br. The van der Waals surface area contributed by atoms with E-state index in [1.165, 1.54) is 25.3 Å². The molecule has 0 saturated heterocycles. The number of hydrogen-bond donors (Lipinski definition) is 2. The van der Waals surface area contributed by atoms with E-state index in [4.69, 9.17) is 9.84 Å². The minimum atomic E-state index is -1.16. The van der Waals surface area contributed by atoms with Crippen LogP contribution in [0, 0.1) is 5.82 Å². The molecular formula is C11H8BrFN2O3. The summed E-state index contributed by atoms with van der Waals surface area (Å²) in [6.45, 7) is 0. The van der Waals surface area contributed by atoms with Crippen LogP contribution in [0.3, 0.4) is 0 Å². The van der Waals surface area contributed by atoms with Crippen molar-refractivity contribution in [3.05, 3.63) is 34.2 Å². The van der Waals surface area contributed by atoms with Gasteiger partial charge in [0, 0.05) is 5.56 Å². The predicted octanol–water partition coefficient (Wildman–Crippen LogP) is 2.69. The van der Waals surface area contributed by atoms with Gasteiger partial charge in [-0.3, -0.25) is 5.10 Å². The van der Waals surface area contributed by atoms with Crippen LogP contribution in [0.2, 0.25) is 0 Å². The zero-order valence-corrected chi connectivity index (χ0v) is 10.8. The molecule has 1 aromatic heterocycles. The number of rotatable bonds is 3. The molecule has 7 heteroatoms. The van der Waals surface area contributed by atoms with Gasteiger partial charge < -0.3 is 9.84 Å². The number of H-pyrrole nitrogens is 1. The van der Waals surface area contributed by atoms with Crippen LogP contribution in [0.15, 0.2) is 22.7 Å². The van der Waals surface area contributed by atoms with Gasteiger partial charge in [0.05, 0.1) is 11.6 Å². The minimum Gasteiger partial charge on any atom is -0.496 e. The zero-order valence-electron chi connectivity index (χ0n) is 9.20. The minimum absolute atomic E-state index is 0.101. The number of nitrogens with one attached hydrogen (secondary N) is 1. The molecule has 1 aromatic carbocycles. The van der Waals surface area contributed by atoms with E-state index in [9.17, 15) is 9.18 Å². The molecule has 0 aliphatic heterocycles. The molecule has 0 atom stereocenters. The molecule has 2 rings (SSSR count). The van der Waals surface area contributed by atoms with Crippen LogP contribution < -0.4 is 4.74 Å². The van der Waals surface area contributed by atoms with Gasteiger partial charge in [-0.25, -0.2) is 9.18 Å². The number of carboxylic acids is 1. The molecule has 0 radical (unpaired) electrons. The maximum absolute atomic E-state index is 13.2. The first-order chi connectivity index (χ1) is 8.54. The largest absolute Gasteiger partial charge is 0.496 e. The smallest absolute Gasteiger partial charge is 0.355 e. The maximum Gasteiger partial charge on any atom is 0.355 e. The Balaban J connectivity index is 2.61. The predicted molar refractivity (Wildman–Crippen MR) is 65.2 cm³/mol. The molecular weight excluding hydrogens is 307 g/mol. The highest BCUT2D eigenvalue weighted by atomic mass is 79.9. The highest BCUT2D eigenvalue weighted by Crippen LogP contribution is 2.35. The molecule has 0 bridgehead atoms. The van der Waals surface area contributed by atoms with E-state index in [0.717, 1.165) is 0 Å². The van der Waals surface area contributed by atoms with Crippen molar-refractivity contribution in [2.75, 3.05) is 7.11 Å². The molecule has 0 amide bonds. The van der Waals surface area contributed by atoms with Crippen molar-refractivity contribution in [3.8, 4) is 17.0 Å². The number of aromatic amines is 1. The van der Waals surface area contributed by atoms with E-state index in [-0.39, 0.29) is 15.9 Å². The molecule has 0 fully saturated rings. The summed E-state index contributed by atoms with van der Waals surface area (Å²) in [6, 6.07) is 3.93. The molecule has 0 saturated carbocycles. The summed E-state index contributed by atoms with van der Waals surface area (Å²) in [6.07, 6.45) is 0. The second kappa shape index (κ2) is 4.77. The lowest BCUT2D eigenvalue weighted by Crippen LogP contribution is -1.97. The lowest BCUT2D eigenvalue weighted by atomic mass is 10.1. The summed E-state index contributed by atoms with van der Waals surface area (Å²) >= 11 is 3.12. The van der Waals surface area contributed by atoms with Crippen molar-refractivity contribution in [1.82, 2.24) is 10.2 Å². The molecule has 0 aliphatic carbocycles. The lowest BCUT2D eigenvalue weighted by Gasteiger charge is -2.06. The van der Waals surface area contributed by atoms with Crippen LogP contribution in [0.25, 0.3) is 11.3 Å². The van der Waals surface area contributed by atoms with Gasteiger partial charge in [-0.05, 0) is 34.1 Å². The second-order valence-corrected chi connectivity index (χ2v) is 4.20.